The molecule has 3 rings (SSSR count). The second-order valence-corrected chi connectivity index (χ2v) is 7.15. The van der Waals surface area contributed by atoms with Crippen molar-refractivity contribution in [2.45, 2.75) is 52.5 Å². The van der Waals surface area contributed by atoms with Crippen LogP contribution in [-0.4, -0.2) is 40.2 Å². The van der Waals surface area contributed by atoms with Crippen LogP contribution >= 0.6 is 0 Å². The Morgan fingerprint density at radius 2 is 1.96 bits per heavy atom. The quantitative estimate of drug-likeness (QED) is 0.867. The molecule has 1 N–H and O–H groups in total. The SMILES string of the molecule is CCc1cc(C(=O)O)c2c(c1)c(CCN1CCCC1)cn2C(C)C. The molecule has 4 nitrogen and oxygen atoms in total. The van der Waals surface area contributed by atoms with Crippen LogP contribution in [0.2, 0.25) is 0 Å². The highest BCUT2D eigenvalue weighted by Crippen LogP contribution is 2.30. The van der Waals surface area contributed by atoms with Crippen molar-refractivity contribution in [3.63, 3.8) is 0 Å². The van der Waals surface area contributed by atoms with E-state index in [1.54, 1.807) is 0 Å². The summed E-state index contributed by atoms with van der Waals surface area (Å²) in [6.45, 7) is 9.77. The van der Waals surface area contributed by atoms with Crippen LogP contribution in [0.4, 0.5) is 0 Å². The number of rotatable bonds is 6. The van der Waals surface area contributed by atoms with Gasteiger partial charge in [0.25, 0.3) is 0 Å². The molecule has 4 heteroatoms. The van der Waals surface area contributed by atoms with Crippen molar-refractivity contribution in [1.82, 2.24) is 9.47 Å². The third kappa shape index (κ3) is 3.20. The zero-order valence-electron chi connectivity index (χ0n) is 15.0. The number of carbonyl (C=O) groups is 1. The second kappa shape index (κ2) is 6.98. The van der Waals surface area contributed by atoms with Crippen molar-refractivity contribution >= 4 is 16.9 Å². The Bertz CT molecular complexity index is 740. The number of benzene rings is 1. The summed E-state index contributed by atoms with van der Waals surface area (Å²) < 4.78 is 2.14. The fourth-order valence-electron chi connectivity index (χ4n) is 3.78. The molecule has 1 saturated heterocycles. The molecule has 1 aromatic carbocycles. The lowest BCUT2D eigenvalue weighted by atomic mass is 10.0. The third-order valence-corrected chi connectivity index (χ3v) is 5.16. The number of carboxylic acids is 1. The first-order valence-electron chi connectivity index (χ1n) is 9.13. The van der Waals surface area contributed by atoms with Gasteiger partial charge in [0.05, 0.1) is 11.1 Å². The van der Waals surface area contributed by atoms with Crippen LogP contribution in [0.3, 0.4) is 0 Å². The molecule has 0 aliphatic carbocycles. The Labute approximate surface area is 144 Å². The Morgan fingerprint density at radius 1 is 1.25 bits per heavy atom. The predicted octanol–water partition coefficient (Wildman–Crippen LogP) is 4.12. The molecule has 0 radical (unpaired) electrons. The molecule has 0 unspecified atom stereocenters. The van der Waals surface area contributed by atoms with Gasteiger partial charge < -0.3 is 14.6 Å². The average Bonchev–Trinajstić information content (AvgIpc) is 3.19. The first kappa shape index (κ1) is 17.0. The van der Waals surface area contributed by atoms with Crippen LogP contribution in [0.1, 0.15) is 61.1 Å². The van der Waals surface area contributed by atoms with Gasteiger partial charge in [-0.3, -0.25) is 0 Å². The summed E-state index contributed by atoms with van der Waals surface area (Å²) in [4.78, 5) is 14.3. The van der Waals surface area contributed by atoms with E-state index >= 15 is 0 Å². The van der Waals surface area contributed by atoms with Crippen LogP contribution in [0.5, 0.6) is 0 Å². The molecule has 2 heterocycles. The lowest BCUT2D eigenvalue weighted by molar-refractivity contribution is 0.0698. The van der Waals surface area contributed by atoms with Crippen LogP contribution in [0.25, 0.3) is 10.9 Å². The van der Waals surface area contributed by atoms with Crippen LogP contribution in [0, 0.1) is 0 Å². The molecule has 2 aromatic rings. The normalized spacial score (nSPS) is 15.7. The lowest BCUT2D eigenvalue weighted by Gasteiger charge is -2.13. The maximum absolute atomic E-state index is 11.8. The highest BCUT2D eigenvalue weighted by atomic mass is 16.4. The minimum Gasteiger partial charge on any atom is -0.478 e. The Morgan fingerprint density at radius 3 is 2.54 bits per heavy atom. The van der Waals surface area contributed by atoms with E-state index in [2.05, 4.69) is 42.5 Å². The van der Waals surface area contributed by atoms with E-state index in [1.165, 1.54) is 31.5 Å². The van der Waals surface area contributed by atoms with Crippen molar-refractivity contribution in [3.05, 3.63) is 35.0 Å². The molecule has 0 amide bonds. The van der Waals surface area contributed by atoms with E-state index in [1.807, 2.05) is 6.07 Å². The number of nitrogens with zero attached hydrogens (tertiary/aromatic N) is 2. The van der Waals surface area contributed by atoms with Gasteiger partial charge in [0.1, 0.15) is 0 Å². The Balaban J connectivity index is 2.07. The molecule has 0 bridgehead atoms. The standard InChI is InChI=1S/C20H28N2O2/c1-4-15-11-17-16(7-10-21-8-5-6-9-21)13-22(14(2)3)19(17)18(12-15)20(23)24/h11-14H,4-10H2,1-3H3,(H,23,24). The highest BCUT2D eigenvalue weighted by Gasteiger charge is 2.20. The zero-order chi connectivity index (χ0) is 17.3. The number of aromatic nitrogens is 1. The van der Waals surface area contributed by atoms with Gasteiger partial charge in [0, 0.05) is 24.2 Å². The van der Waals surface area contributed by atoms with Gasteiger partial charge in [0.15, 0.2) is 0 Å². The summed E-state index contributed by atoms with van der Waals surface area (Å²) in [7, 11) is 0. The molecule has 130 valence electrons. The summed E-state index contributed by atoms with van der Waals surface area (Å²) in [6.07, 6.45) is 6.63. The van der Waals surface area contributed by atoms with E-state index in [-0.39, 0.29) is 6.04 Å². The van der Waals surface area contributed by atoms with E-state index in [9.17, 15) is 9.90 Å². The fraction of sp³-hybridized carbons (Fsp3) is 0.550. The number of aryl methyl sites for hydroxylation is 1. The molecule has 0 saturated carbocycles. The summed E-state index contributed by atoms with van der Waals surface area (Å²) in [5.41, 5.74) is 3.70. The smallest absolute Gasteiger partial charge is 0.337 e. The van der Waals surface area contributed by atoms with Crippen LogP contribution in [-0.2, 0) is 12.8 Å². The largest absolute Gasteiger partial charge is 0.478 e. The summed E-state index contributed by atoms with van der Waals surface area (Å²) in [5.74, 6) is -0.832. The second-order valence-electron chi connectivity index (χ2n) is 7.15. The molecule has 1 aliphatic heterocycles. The molecule has 1 fully saturated rings. The number of carboxylic acid groups (broad SMARTS) is 1. The minimum absolute atomic E-state index is 0.249. The molecule has 0 spiro atoms. The van der Waals surface area contributed by atoms with Gasteiger partial charge in [-0.25, -0.2) is 4.79 Å². The lowest BCUT2D eigenvalue weighted by Crippen LogP contribution is -2.21. The molecular formula is C20H28N2O2. The number of fused-ring (bicyclic) bond motifs is 1. The molecule has 1 aromatic heterocycles. The molecular weight excluding hydrogens is 300 g/mol. The highest BCUT2D eigenvalue weighted by molar-refractivity contribution is 6.04. The van der Waals surface area contributed by atoms with Gasteiger partial charge in [-0.1, -0.05) is 6.92 Å². The van der Waals surface area contributed by atoms with Crippen molar-refractivity contribution in [1.29, 1.82) is 0 Å². The first-order valence-corrected chi connectivity index (χ1v) is 9.13. The zero-order valence-corrected chi connectivity index (χ0v) is 15.0. The van der Waals surface area contributed by atoms with Gasteiger partial charge in [-0.05, 0) is 75.9 Å². The third-order valence-electron chi connectivity index (χ3n) is 5.16. The maximum atomic E-state index is 11.8. The fourth-order valence-corrected chi connectivity index (χ4v) is 3.78. The van der Waals surface area contributed by atoms with Gasteiger partial charge >= 0.3 is 5.97 Å². The Kier molecular flexibility index (Phi) is 4.95. The molecule has 24 heavy (non-hydrogen) atoms. The molecule has 0 atom stereocenters. The summed E-state index contributed by atoms with van der Waals surface area (Å²) in [6, 6.07) is 4.28. The molecule has 1 aliphatic rings. The number of hydrogen-bond acceptors (Lipinski definition) is 2. The topological polar surface area (TPSA) is 45.5 Å². The van der Waals surface area contributed by atoms with Crippen molar-refractivity contribution in [2.24, 2.45) is 0 Å². The average molecular weight is 328 g/mol. The van der Waals surface area contributed by atoms with Crippen molar-refractivity contribution in [2.75, 3.05) is 19.6 Å². The van der Waals surface area contributed by atoms with E-state index in [0.29, 0.717) is 5.56 Å². The monoisotopic (exact) mass is 328 g/mol. The predicted molar refractivity (Wildman–Crippen MR) is 98.0 cm³/mol. The van der Waals surface area contributed by atoms with Crippen molar-refractivity contribution < 1.29 is 9.90 Å². The van der Waals surface area contributed by atoms with Crippen molar-refractivity contribution in [3.8, 4) is 0 Å². The Hall–Kier alpha value is -1.81. The number of aromatic carboxylic acids is 1. The van der Waals surface area contributed by atoms with Crippen LogP contribution in [0.15, 0.2) is 18.3 Å². The van der Waals surface area contributed by atoms with E-state index < -0.39 is 5.97 Å². The van der Waals surface area contributed by atoms with Crippen LogP contribution < -0.4 is 0 Å². The van der Waals surface area contributed by atoms with E-state index in [4.69, 9.17) is 0 Å². The van der Waals surface area contributed by atoms with Gasteiger partial charge in [-0.2, -0.15) is 0 Å². The minimum atomic E-state index is -0.832. The first-order chi connectivity index (χ1) is 11.5. The van der Waals surface area contributed by atoms with Gasteiger partial charge in [-0.15, -0.1) is 0 Å². The number of hydrogen-bond donors (Lipinski definition) is 1. The van der Waals surface area contributed by atoms with E-state index in [0.717, 1.165) is 35.9 Å². The van der Waals surface area contributed by atoms with Gasteiger partial charge in [0.2, 0.25) is 0 Å². The summed E-state index contributed by atoms with van der Waals surface area (Å²) in [5, 5.41) is 10.8. The summed E-state index contributed by atoms with van der Waals surface area (Å²) >= 11 is 0. The maximum Gasteiger partial charge on any atom is 0.337 e. The number of likely N-dealkylation sites (tertiary alicyclic amines) is 1.